The monoisotopic (exact) mass is 222 g/mol. The van der Waals surface area contributed by atoms with E-state index in [1.54, 1.807) is 18.2 Å². The predicted octanol–water partition coefficient (Wildman–Crippen LogP) is 0.681. The van der Waals surface area contributed by atoms with E-state index in [9.17, 15) is 14.4 Å². The third-order valence-electron chi connectivity index (χ3n) is 2.16. The Labute approximate surface area is 91.3 Å². The second-order valence-corrected chi connectivity index (χ2v) is 3.18. The van der Waals surface area contributed by atoms with Crippen LogP contribution in [0.4, 0.5) is 0 Å². The number of carboxylic acid groups (broad SMARTS) is 2. The van der Waals surface area contributed by atoms with Gasteiger partial charge in [-0.1, -0.05) is 24.3 Å². The van der Waals surface area contributed by atoms with Gasteiger partial charge in [-0.05, 0) is 11.1 Å². The summed E-state index contributed by atoms with van der Waals surface area (Å²) in [6.07, 6.45) is 0.618. The molecule has 0 aliphatic rings. The lowest BCUT2D eigenvalue weighted by Crippen LogP contribution is -2.22. The summed E-state index contributed by atoms with van der Waals surface area (Å²) in [6.45, 7) is 0. The zero-order chi connectivity index (χ0) is 12.1. The van der Waals surface area contributed by atoms with Gasteiger partial charge >= 0.3 is 11.9 Å². The Morgan fingerprint density at radius 1 is 1.19 bits per heavy atom. The maximum atomic E-state index is 10.8. The molecule has 0 fully saturated rings. The first-order chi connectivity index (χ1) is 7.57. The summed E-state index contributed by atoms with van der Waals surface area (Å²) in [5.74, 6) is -4.51. The van der Waals surface area contributed by atoms with Crippen LogP contribution in [0.3, 0.4) is 0 Å². The van der Waals surface area contributed by atoms with Gasteiger partial charge in [0.05, 0.1) is 0 Å². The van der Waals surface area contributed by atoms with E-state index in [-0.39, 0.29) is 12.0 Å². The third-order valence-corrected chi connectivity index (χ3v) is 2.16. The van der Waals surface area contributed by atoms with Crippen molar-refractivity contribution in [3.63, 3.8) is 0 Å². The topological polar surface area (TPSA) is 91.7 Å². The van der Waals surface area contributed by atoms with Crippen molar-refractivity contribution in [1.29, 1.82) is 0 Å². The number of aliphatic carboxylic acids is 2. The summed E-state index contributed by atoms with van der Waals surface area (Å²) in [7, 11) is 0. The summed E-state index contributed by atoms with van der Waals surface area (Å²) < 4.78 is 0. The first-order valence-electron chi connectivity index (χ1n) is 4.55. The summed E-state index contributed by atoms with van der Waals surface area (Å²) in [5, 5.41) is 17.6. The van der Waals surface area contributed by atoms with Crippen LogP contribution in [0.1, 0.15) is 17.0 Å². The SMILES string of the molecule is O=CCc1ccccc1C(C(=O)O)C(=O)O. The molecule has 0 bridgehead atoms. The zero-order valence-electron chi connectivity index (χ0n) is 8.29. The van der Waals surface area contributed by atoms with Gasteiger partial charge in [-0.3, -0.25) is 9.59 Å². The highest BCUT2D eigenvalue weighted by Gasteiger charge is 2.29. The van der Waals surface area contributed by atoms with Crippen LogP contribution in [-0.2, 0) is 20.8 Å². The molecule has 0 saturated heterocycles. The fourth-order valence-electron chi connectivity index (χ4n) is 1.46. The van der Waals surface area contributed by atoms with Crippen LogP contribution in [-0.4, -0.2) is 28.4 Å². The van der Waals surface area contributed by atoms with Gasteiger partial charge in [-0.25, -0.2) is 0 Å². The predicted molar refractivity (Wildman–Crippen MR) is 54.2 cm³/mol. The normalized spacial score (nSPS) is 10.1. The third kappa shape index (κ3) is 2.44. The Morgan fingerprint density at radius 2 is 1.75 bits per heavy atom. The number of carbonyl (C=O) groups is 3. The molecule has 0 amide bonds. The van der Waals surface area contributed by atoms with Crippen LogP contribution in [0.25, 0.3) is 0 Å². The molecular weight excluding hydrogens is 212 g/mol. The molecule has 2 N–H and O–H groups in total. The highest BCUT2D eigenvalue weighted by atomic mass is 16.4. The number of carboxylic acids is 2. The average molecular weight is 222 g/mol. The van der Waals surface area contributed by atoms with E-state index in [1.807, 2.05) is 0 Å². The molecule has 0 spiro atoms. The molecule has 0 aliphatic heterocycles. The van der Waals surface area contributed by atoms with Gasteiger partial charge in [0.1, 0.15) is 6.29 Å². The molecular formula is C11H10O5. The molecule has 5 nitrogen and oxygen atoms in total. The summed E-state index contributed by atoms with van der Waals surface area (Å²) >= 11 is 0. The number of hydrogen-bond acceptors (Lipinski definition) is 3. The number of benzene rings is 1. The minimum atomic E-state index is -1.63. The van der Waals surface area contributed by atoms with E-state index in [0.29, 0.717) is 11.8 Å². The van der Waals surface area contributed by atoms with E-state index in [1.165, 1.54) is 6.07 Å². The molecule has 0 aromatic heterocycles. The molecule has 0 saturated carbocycles. The van der Waals surface area contributed by atoms with Crippen molar-refractivity contribution in [3.05, 3.63) is 35.4 Å². The Morgan fingerprint density at radius 3 is 2.25 bits per heavy atom. The van der Waals surface area contributed by atoms with Crippen LogP contribution in [0.15, 0.2) is 24.3 Å². The van der Waals surface area contributed by atoms with Crippen molar-refractivity contribution in [2.75, 3.05) is 0 Å². The smallest absolute Gasteiger partial charge is 0.322 e. The van der Waals surface area contributed by atoms with E-state index in [0.717, 1.165) is 0 Å². The molecule has 0 heterocycles. The van der Waals surface area contributed by atoms with Crippen LogP contribution in [0.2, 0.25) is 0 Å². The van der Waals surface area contributed by atoms with Gasteiger partial charge < -0.3 is 15.0 Å². The Kier molecular flexibility index (Phi) is 3.77. The largest absolute Gasteiger partial charge is 0.480 e. The highest BCUT2D eigenvalue weighted by Crippen LogP contribution is 2.21. The standard InChI is InChI=1S/C11H10O5/c12-6-5-7-3-1-2-4-8(7)9(10(13)14)11(15)16/h1-4,6,9H,5H2,(H,13,14)(H,15,16). The number of carbonyl (C=O) groups excluding carboxylic acids is 1. The first kappa shape index (κ1) is 11.9. The lowest BCUT2D eigenvalue weighted by Gasteiger charge is -2.11. The molecule has 0 atom stereocenters. The second-order valence-electron chi connectivity index (χ2n) is 3.18. The zero-order valence-corrected chi connectivity index (χ0v) is 8.29. The molecule has 0 radical (unpaired) electrons. The van der Waals surface area contributed by atoms with E-state index < -0.39 is 17.9 Å². The summed E-state index contributed by atoms with van der Waals surface area (Å²) in [6, 6.07) is 6.12. The van der Waals surface area contributed by atoms with Crippen LogP contribution >= 0.6 is 0 Å². The fourth-order valence-corrected chi connectivity index (χ4v) is 1.46. The van der Waals surface area contributed by atoms with Crippen molar-refractivity contribution in [1.82, 2.24) is 0 Å². The minimum Gasteiger partial charge on any atom is -0.480 e. The van der Waals surface area contributed by atoms with Gasteiger partial charge in [-0.15, -0.1) is 0 Å². The summed E-state index contributed by atoms with van der Waals surface area (Å²) in [5.41, 5.74) is 0.571. The van der Waals surface area contributed by atoms with Crippen molar-refractivity contribution in [2.45, 2.75) is 12.3 Å². The molecule has 84 valence electrons. The second kappa shape index (κ2) is 5.06. The Bertz CT molecular complexity index is 410. The number of aldehydes is 1. The van der Waals surface area contributed by atoms with E-state index in [4.69, 9.17) is 10.2 Å². The molecule has 1 rings (SSSR count). The molecule has 16 heavy (non-hydrogen) atoms. The van der Waals surface area contributed by atoms with Crippen LogP contribution < -0.4 is 0 Å². The quantitative estimate of drug-likeness (QED) is 0.564. The summed E-state index contributed by atoms with van der Waals surface area (Å²) in [4.78, 5) is 32.1. The van der Waals surface area contributed by atoms with Crippen LogP contribution in [0, 0.1) is 0 Å². The van der Waals surface area contributed by atoms with Gasteiger partial charge in [-0.2, -0.15) is 0 Å². The Balaban J connectivity index is 3.22. The Hall–Kier alpha value is -2.17. The minimum absolute atomic E-state index is 0.00718. The lowest BCUT2D eigenvalue weighted by molar-refractivity contribution is -0.150. The highest BCUT2D eigenvalue weighted by molar-refractivity contribution is 5.99. The molecule has 0 aliphatic carbocycles. The molecule has 1 aromatic carbocycles. The maximum absolute atomic E-state index is 10.8. The first-order valence-corrected chi connectivity index (χ1v) is 4.55. The number of hydrogen-bond donors (Lipinski definition) is 2. The van der Waals surface area contributed by atoms with Gasteiger partial charge in [0, 0.05) is 6.42 Å². The van der Waals surface area contributed by atoms with Gasteiger partial charge in [0.15, 0.2) is 5.92 Å². The van der Waals surface area contributed by atoms with Gasteiger partial charge in [0.2, 0.25) is 0 Å². The molecule has 5 heteroatoms. The lowest BCUT2D eigenvalue weighted by atomic mass is 9.93. The number of rotatable bonds is 5. The van der Waals surface area contributed by atoms with Crippen molar-refractivity contribution >= 4 is 18.2 Å². The van der Waals surface area contributed by atoms with E-state index in [2.05, 4.69) is 0 Å². The van der Waals surface area contributed by atoms with Crippen molar-refractivity contribution in [2.24, 2.45) is 0 Å². The maximum Gasteiger partial charge on any atom is 0.322 e. The average Bonchev–Trinajstić information content (AvgIpc) is 2.20. The molecule has 0 unspecified atom stereocenters. The van der Waals surface area contributed by atoms with Gasteiger partial charge in [0.25, 0.3) is 0 Å². The fraction of sp³-hybridized carbons (Fsp3) is 0.182. The van der Waals surface area contributed by atoms with E-state index >= 15 is 0 Å². The van der Waals surface area contributed by atoms with Crippen molar-refractivity contribution in [3.8, 4) is 0 Å². The molecule has 1 aromatic rings. The van der Waals surface area contributed by atoms with Crippen LogP contribution in [0.5, 0.6) is 0 Å². The van der Waals surface area contributed by atoms with Crippen molar-refractivity contribution < 1.29 is 24.6 Å².